The van der Waals surface area contributed by atoms with Crippen molar-refractivity contribution in [3.05, 3.63) is 35.8 Å². The molecule has 0 aliphatic heterocycles. The number of aryl methyl sites for hydroxylation is 2. The smallest absolute Gasteiger partial charge is 0.248 e. The summed E-state index contributed by atoms with van der Waals surface area (Å²) in [5.41, 5.74) is 2.55. The number of benzene rings is 1. The molecule has 3 rings (SSSR count). The number of hydrogen-bond acceptors (Lipinski definition) is 6. The lowest BCUT2D eigenvalue weighted by atomic mass is 10.2. The van der Waals surface area contributed by atoms with E-state index in [4.69, 9.17) is 8.94 Å². The quantitative estimate of drug-likeness (QED) is 0.778. The minimum absolute atomic E-state index is 0.0633. The largest absolute Gasteiger partial charge is 0.441 e. The third-order valence-corrected chi connectivity index (χ3v) is 2.79. The van der Waals surface area contributed by atoms with E-state index < -0.39 is 0 Å². The summed E-state index contributed by atoms with van der Waals surface area (Å²) in [6, 6.07) is 5.70. The normalized spacial score (nSPS) is 12.8. The molecule has 0 unspecified atom stereocenters. The van der Waals surface area contributed by atoms with E-state index in [1.54, 1.807) is 6.92 Å². The SMILES string of the molecule is Cc1noc([C@@H](C)Nc2ccc3oc(C)nc3c2)n1. The topological polar surface area (TPSA) is 77.0 Å². The van der Waals surface area contributed by atoms with Crippen molar-refractivity contribution in [3.8, 4) is 0 Å². The van der Waals surface area contributed by atoms with Crippen molar-refractivity contribution in [3.63, 3.8) is 0 Å². The summed E-state index contributed by atoms with van der Waals surface area (Å²) < 4.78 is 10.6. The molecule has 0 bridgehead atoms. The van der Waals surface area contributed by atoms with Crippen LogP contribution in [0, 0.1) is 13.8 Å². The van der Waals surface area contributed by atoms with Gasteiger partial charge in [0, 0.05) is 12.6 Å². The van der Waals surface area contributed by atoms with Crippen molar-refractivity contribution in [2.45, 2.75) is 26.8 Å². The molecule has 6 heteroatoms. The van der Waals surface area contributed by atoms with Gasteiger partial charge in [0.15, 0.2) is 17.3 Å². The number of nitrogens with one attached hydrogen (secondary N) is 1. The Bertz CT molecular complexity index is 716. The van der Waals surface area contributed by atoms with Crippen LogP contribution in [0.25, 0.3) is 11.1 Å². The number of fused-ring (bicyclic) bond motifs is 1. The number of nitrogens with zero attached hydrogens (tertiary/aromatic N) is 3. The van der Waals surface area contributed by atoms with Crippen LogP contribution in [0.3, 0.4) is 0 Å². The fourth-order valence-corrected chi connectivity index (χ4v) is 1.93. The molecule has 1 atom stereocenters. The molecule has 1 aromatic carbocycles. The zero-order chi connectivity index (χ0) is 13.4. The predicted octanol–water partition coefficient (Wildman–Crippen LogP) is 3.00. The van der Waals surface area contributed by atoms with Gasteiger partial charge in [0.1, 0.15) is 11.6 Å². The van der Waals surface area contributed by atoms with E-state index >= 15 is 0 Å². The average molecular weight is 258 g/mol. The minimum Gasteiger partial charge on any atom is -0.441 e. The molecule has 0 saturated carbocycles. The molecule has 19 heavy (non-hydrogen) atoms. The van der Waals surface area contributed by atoms with Crippen LogP contribution < -0.4 is 5.32 Å². The summed E-state index contributed by atoms with van der Waals surface area (Å²) in [6.07, 6.45) is 0. The average Bonchev–Trinajstić information content (AvgIpc) is 2.93. The number of aromatic nitrogens is 3. The maximum Gasteiger partial charge on any atom is 0.248 e. The fraction of sp³-hybridized carbons (Fsp3) is 0.308. The van der Waals surface area contributed by atoms with E-state index in [9.17, 15) is 0 Å². The molecule has 0 aliphatic carbocycles. The van der Waals surface area contributed by atoms with Gasteiger partial charge in [-0.1, -0.05) is 5.16 Å². The van der Waals surface area contributed by atoms with E-state index in [1.807, 2.05) is 32.0 Å². The van der Waals surface area contributed by atoms with Gasteiger partial charge in [-0.3, -0.25) is 0 Å². The molecule has 98 valence electrons. The van der Waals surface area contributed by atoms with Gasteiger partial charge in [-0.05, 0) is 32.0 Å². The Morgan fingerprint density at radius 1 is 1.21 bits per heavy atom. The number of hydrogen-bond donors (Lipinski definition) is 1. The van der Waals surface area contributed by atoms with Gasteiger partial charge < -0.3 is 14.3 Å². The van der Waals surface area contributed by atoms with Crippen LogP contribution >= 0.6 is 0 Å². The maximum atomic E-state index is 5.44. The molecule has 1 N–H and O–H groups in total. The van der Waals surface area contributed by atoms with Crippen LogP contribution in [0.5, 0.6) is 0 Å². The van der Waals surface area contributed by atoms with E-state index in [-0.39, 0.29) is 6.04 Å². The molecule has 2 aromatic heterocycles. The van der Waals surface area contributed by atoms with Crippen molar-refractivity contribution >= 4 is 16.8 Å². The molecule has 0 amide bonds. The lowest BCUT2D eigenvalue weighted by Gasteiger charge is -2.10. The van der Waals surface area contributed by atoms with Crippen molar-refractivity contribution in [1.82, 2.24) is 15.1 Å². The third-order valence-electron chi connectivity index (χ3n) is 2.79. The van der Waals surface area contributed by atoms with Gasteiger partial charge in [0.2, 0.25) is 5.89 Å². The summed E-state index contributed by atoms with van der Waals surface area (Å²) in [4.78, 5) is 8.50. The standard InChI is InChI=1S/C13H14N4O2/c1-7(13-15-8(2)17-19-13)14-10-4-5-12-11(6-10)16-9(3)18-12/h4-7,14H,1-3H3/t7-/m1/s1. The molecule has 0 fully saturated rings. The van der Waals surface area contributed by atoms with Gasteiger partial charge in [-0.25, -0.2) is 4.98 Å². The van der Waals surface area contributed by atoms with Crippen LogP contribution in [-0.2, 0) is 0 Å². The van der Waals surface area contributed by atoms with Crippen LogP contribution in [0.15, 0.2) is 27.1 Å². The summed E-state index contributed by atoms with van der Waals surface area (Å²) in [5, 5.41) is 7.07. The van der Waals surface area contributed by atoms with Crippen molar-refractivity contribution in [1.29, 1.82) is 0 Å². The van der Waals surface area contributed by atoms with Crippen LogP contribution in [0.1, 0.15) is 30.6 Å². The molecule has 0 saturated heterocycles. The van der Waals surface area contributed by atoms with Crippen molar-refractivity contribution in [2.24, 2.45) is 0 Å². The van der Waals surface area contributed by atoms with Crippen molar-refractivity contribution in [2.75, 3.05) is 5.32 Å². The highest BCUT2D eigenvalue weighted by atomic mass is 16.5. The second-order valence-corrected chi connectivity index (χ2v) is 4.46. The molecule has 0 spiro atoms. The Balaban J connectivity index is 1.84. The highest BCUT2D eigenvalue weighted by Gasteiger charge is 2.13. The zero-order valence-corrected chi connectivity index (χ0v) is 11.0. The first kappa shape index (κ1) is 11.7. The molecular weight excluding hydrogens is 244 g/mol. The molecule has 6 nitrogen and oxygen atoms in total. The minimum atomic E-state index is -0.0633. The van der Waals surface area contributed by atoms with E-state index in [2.05, 4.69) is 20.4 Å². The van der Waals surface area contributed by atoms with Gasteiger partial charge in [0.05, 0.1) is 0 Å². The highest BCUT2D eigenvalue weighted by Crippen LogP contribution is 2.23. The second kappa shape index (κ2) is 4.38. The Morgan fingerprint density at radius 2 is 2.05 bits per heavy atom. The van der Waals surface area contributed by atoms with Gasteiger partial charge in [-0.15, -0.1) is 0 Å². The van der Waals surface area contributed by atoms with E-state index in [1.165, 1.54) is 0 Å². The Labute approximate surface area is 109 Å². The molecule has 0 radical (unpaired) electrons. The molecule has 0 aliphatic rings. The predicted molar refractivity (Wildman–Crippen MR) is 69.8 cm³/mol. The van der Waals surface area contributed by atoms with E-state index in [0.717, 1.165) is 16.8 Å². The van der Waals surface area contributed by atoms with Gasteiger partial charge >= 0.3 is 0 Å². The first-order valence-electron chi connectivity index (χ1n) is 6.06. The lowest BCUT2D eigenvalue weighted by Crippen LogP contribution is -2.06. The van der Waals surface area contributed by atoms with Crippen LogP contribution in [0.2, 0.25) is 0 Å². The number of anilines is 1. The molecule has 2 heterocycles. The monoisotopic (exact) mass is 258 g/mol. The fourth-order valence-electron chi connectivity index (χ4n) is 1.93. The third kappa shape index (κ3) is 2.29. The highest BCUT2D eigenvalue weighted by molar-refractivity contribution is 5.77. The Kier molecular flexibility index (Phi) is 2.70. The summed E-state index contributed by atoms with van der Waals surface area (Å²) in [6.45, 7) is 5.59. The summed E-state index contributed by atoms with van der Waals surface area (Å²) in [7, 11) is 0. The van der Waals surface area contributed by atoms with Crippen LogP contribution in [0.4, 0.5) is 5.69 Å². The van der Waals surface area contributed by atoms with Crippen LogP contribution in [-0.4, -0.2) is 15.1 Å². The zero-order valence-electron chi connectivity index (χ0n) is 11.0. The molecule has 3 aromatic rings. The maximum absolute atomic E-state index is 5.44. The molecular formula is C13H14N4O2. The second-order valence-electron chi connectivity index (χ2n) is 4.46. The summed E-state index contributed by atoms with van der Waals surface area (Å²) >= 11 is 0. The Morgan fingerprint density at radius 3 is 2.79 bits per heavy atom. The lowest BCUT2D eigenvalue weighted by molar-refractivity contribution is 0.364. The number of oxazole rings is 1. The first-order valence-corrected chi connectivity index (χ1v) is 6.06. The number of rotatable bonds is 3. The Hall–Kier alpha value is -2.37. The summed E-state index contributed by atoms with van der Waals surface area (Å²) in [5.74, 6) is 1.85. The van der Waals surface area contributed by atoms with E-state index in [0.29, 0.717) is 17.6 Å². The van der Waals surface area contributed by atoms with Gasteiger partial charge in [0.25, 0.3) is 0 Å². The van der Waals surface area contributed by atoms with Gasteiger partial charge in [-0.2, -0.15) is 4.98 Å². The first-order chi connectivity index (χ1) is 9.11. The van der Waals surface area contributed by atoms with Crippen molar-refractivity contribution < 1.29 is 8.94 Å².